The molecule has 0 aliphatic heterocycles. The van der Waals surface area contributed by atoms with Crippen molar-refractivity contribution in [2.24, 2.45) is 0 Å². The number of benzene rings is 1. The summed E-state index contributed by atoms with van der Waals surface area (Å²) in [5.74, 6) is -1.05. The molecule has 1 rings (SSSR count). The molecule has 0 aliphatic rings. The Morgan fingerprint density at radius 2 is 1.94 bits per heavy atom. The predicted molar refractivity (Wildman–Crippen MR) is 71.0 cm³/mol. The highest BCUT2D eigenvalue weighted by atomic mass is 31.2. The number of hydrogen-bond donors (Lipinski definition) is 2. The molecule has 0 fully saturated rings. The third kappa shape index (κ3) is 4.28. The Hall–Kier alpha value is -1.12. The van der Waals surface area contributed by atoms with Crippen LogP contribution in [-0.4, -0.2) is 22.1 Å². The van der Waals surface area contributed by atoms with Crippen LogP contribution in [0.15, 0.2) is 30.3 Å². The number of carbonyl (C=O) groups is 1. The van der Waals surface area contributed by atoms with Gasteiger partial charge in [-0.2, -0.15) is 0 Å². The fourth-order valence-corrected chi connectivity index (χ4v) is 4.03. The van der Waals surface area contributed by atoms with Gasteiger partial charge in [-0.25, -0.2) is 0 Å². The van der Waals surface area contributed by atoms with Crippen LogP contribution in [0.2, 0.25) is 0 Å². The average Bonchev–Trinajstić information content (AvgIpc) is 2.34. The SMILES string of the molecule is CCCCP(=O)(O)C(CC(=O)O)c1ccccc1. The first-order valence-electron chi connectivity index (χ1n) is 6.05. The Bertz CT molecular complexity index is 430. The molecule has 0 aliphatic carbocycles. The first kappa shape index (κ1) is 14.9. The lowest BCUT2D eigenvalue weighted by atomic mass is 10.1. The maximum absolute atomic E-state index is 12.3. The van der Waals surface area contributed by atoms with Crippen LogP contribution in [0.25, 0.3) is 0 Å². The lowest BCUT2D eigenvalue weighted by Crippen LogP contribution is -2.09. The van der Waals surface area contributed by atoms with Gasteiger partial charge in [0.25, 0.3) is 0 Å². The number of carboxylic acid groups (broad SMARTS) is 1. The van der Waals surface area contributed by atoms with Crippen LogP contribution in [0.5, 0.6) is 0 Å². The van der Waals surface area contributed by atoms with Crippen LogP contribution in [0, 0.1) is 0 Å². The second-order valence-electron chi connectivity index (χ2n) is 4.36. The van der Waals surface area contributed by atoms with Gasteiger partial charge < -0.3 is 10.00 Å². The fourth-order valence-electron chi connectivity index (χ4n) is 1.87. The van der Waals surface area contributed by atoms with E-state index in [0.29, 0.717) is 12.0 Å². The average molecular weight is 270 g/mol. The second-order valence-corrected chi connectivity index (χ2v) is 6.94. The number of hydrogen-bond acceptors (Lipinski definition) is 2. The Kier molecular flexibility index (Phi) is 5.57. The Balaban J connectivity index is 2.98. The molecule has 0 radical (unpaired) electrons. The van der Waals surface area contributed by atoms with E-state index in [-0.39, 0.29) is 12.6 Å². The van der Waals surface area contributed by atoms with Gasteiger partial charge in [-0.15, -0.1) is 0 Å². The molecule has 1 aromatic rings. The van der Waals surface area contributed by atoms with E-state index in [9.17, 15) is 14.3 Å². The summed E-state index contributed by atoms with van der Waals surface area (Å²) in [6.07, 6.45) is 1.33. The summed E-state index contributed by atoms with van der Waals surface area (Å²) < 4.78 is 12.3. The number of rotatable bonds is 7. The van der Waals surface area contributed by atoms with E-state index in [4.69, 9.17) is 5.11 Å². The predicted octanol–water partition coefficient (Wildman–Crippen LogP) is 3.27. The van der Waals surface area contributed by atoms with Crippen molar-refractivity contribution in [2.75, 3.05) is 6.16 Å². The summed E-state index contributed by atoms with van der Waals surface area (Å²) in [4.78, 5) is 21.0. The zero-order valence-electron chi connectivity index (χ0n) is 10.5. The highest BCUT2D eigenvalue weighted by Crippen LogP contribution is 2.57. The summed E-state index contributed by atoms with van der Waals surface area (Å²) in [5.41, 5.74) is -0.176. The van der Waals surface area contributed by atoms with Crippen molar-refractivity contribution in [3.63, 3.8) is 0 Å². The summed E-state index contributed by atoms with van der Waals surface area (Å²) in [6.45, 7) is 1.94. The van der Waals surface area contributed by atoms with Gasteiger partial charge in [0.1, 0.15) is 0 Å². The van der Waals surface area contributed by atoms with E-state index in [2.05, 4.69) is 0 Å². The maximum atomic E-state index is 12.3. The largest absolute Gasteiger partial charge is 0.481 e. The quantitative estimate of drug-likeness (QED) is 0.746. The van der Waals surface area contributed by atoms with Gasteiger partial charge in [0.15, 0.2) is 0 Å². The Morgan fingerprint density at radius 3 is 2.44 bits per heavy atom. The van der Waals surface area contributed by atoms with Crippen molar-refractivity contribution < 1.29 is 19.4 Å². The highest BCUT2D eigenvalue weighted by Gasteiger charge is 2.33. The zero-order valence-corrected chi connectivity index (χ0v) is 11.3. The van der Waals surface area contributed by atoms with Gasteiger partial charge in [-0.05, 0) is 12.0 Å². The molecule has 0 amide bonds. The molecule has 2 N–H and O–H groups in total. The lowest BCUT2D eigenvalue weighted by molar-refractivity contribution is -0.137. The van der Waals surface area contributed by atoms with E-state index in [1.54, 1.807) is 30.3 Å². The van der Waals surface area contributed by atoms with Crippen LogP contribution < -0.4 is 0 Å². The fraction of sp³-hybridized carbons (Fsp3) is 0.462. The topological polar surface area (TPSA) is 74.6 Å². The summed E-state index contributed by atoms with van der Waals surface area (Å²) in [7, 11) is -3.48. The monoisotopic (exact) mass is 270 g/mol. The molecule has 2 atom stereocenters. The molecule has 0 heterocycles. The van der Waals surface area contributed by atoms with Gasteiger partial charge in [-0.1, -0.05) is 43.7 Å². The minimum absolute atomic E-state index is 0.177. The van der Waals surface area contributed by atoms with Gasteiger partial charge >= 0.3 is 5.97 Å². The summed E-state index contributed by atoms with van der Waals surface area (Å²) in [5, 5.41) is 8.90. The molecule has 4 nitrogen and oxygen atoms in total. The molecule has 0 saturated heterocycles. The molecule has 18 heavy (non-hydrogen) atoms. The first-order chi connectivity index (χ1) is 8.47. The van der Waals surface area contributed by atoms with Crippen LogP contribution in [0.4, 0.5) is 0 Å². The van der Waals surface area contributed by atoms with Crippen LogP contribution in [-0.2, 0) is 9.36 Å². The van der Waals surface area contributed by atoms with E-state index in [0.717, 1.165) is 6.42 Å². The van der Waals surface area contributed by atoms with Crippen molar-refractivity contribution in [2.45, 2.75) is 31.8 Å². The molecule has 5 heteroatoms. The normalized spacial score (nSPS) is 15.9. The van der Waals surface area contributed by atoms with Gasteiger partial charge in [0.2, 0.25) is 7.37 Å². The molecular weight excluding hydrogens is 251 g/mol. The van der Waals surface area contributed by atoms with E-state index in [1.807, 2.05) is 6.92 Å². The molecule has 0 saturated carbocycles. The standard InChI is InChI=1S/C13H19O4P/c1-2-3-9-18(16,17)12(10-13(14)15)11-7-5-4-6-8-11/h4-8,12H,2-3,9-10H2,1H3,(H,14,15)(H,16,17). The summed E-state index contributed by atoms with van der Waals surface area (Å²) >= 11 is 0. The van der Waals surface area contributed by atoms with Crippen LogP contribution in [0.3, 0.4) is 0 Å². The zero-order chi connectivity index (χ0) is 13.6. The van der Waals surface area contributed by atoms with Gasteiger partial charge in [-0.3, -0.25) is 9.36 Å². The third-order valence-corrected chi connectivity index (χ3v) is 5.28. The molecule has 1 aromatic carbocycles. The summed E-state index contributed by atoms with van der Waals surface area (Å²) in [6, 6.07) is 8.73. The van der Waals surface area contributed by atoms with Crippen LogP contribution in [0.1, 0.15) is 37.4 Å². The maximum Gasteiger partial charge on any atom is 0.304 e. The molecule has 2 unspecified atom stereocenters. The Morgan fingerprint density at radius 1 is 1.33 bits per heavy atom. The molecule has 100 valence electrons. The van der Waals surface area contributed by atoms with Crippen molar-refractivity contribution in [3.8, 4) is 0 Å². The molecule has 0 bridgehead atoms. The molecular formula is C13H19O4P. The molecule has 0 spiro atoms. The minimum atomic E-state index is -3.48. The van der Waals surface area contributed by atoms with Crippen LogP contribution >= 0.6 is 7.37 Å². The Labute approximate surface area is 107 Å². The first-order valence-corrected chi connectivity index (χ1v) is 7.97. The highest BCUT2D eigenvalue weighted by molar-refractivity contribution is 7.58. The van der Waals surface area contributed by atoms with E-state index >= 15 is 0 Å². The van der Waals surface area contributed by atoms with Crippen molar-refractivity contribution in [1.82, 2.24) is 0 Å². The lowest BCUT2D eigenvalue weighted by Gasteiger charge is -2.22. The number of carboxylic acids is 1. The number of unbranched alkanes of at least 4 members (excludes halogenated alkanes) is 1. The van der Waals surface area contributed by atoms with Crippen molar-refractivity contribution in [1.29, 1.82) is 0 Å². The van der Waals surface area contributed by atoms with Crippen molar-refractivity contribution >= 4 is 13.3 Å². The molecule has 0 aromatic heterocycles. The van der Waals surface area contributed by atoms with Gasteiger partial charge in [0.05, 0.1) is 12.1 Å². The second kappa shape index (κ2) is 6.72. The van der Waals surface area contributed by atoms with E-state index in [1.165, 1.54) is 0 Å². The number of aliphatic carboxylic acids is 1. The van der Waals surface area contributed by atoms with Crippen molar-refractivity contribution in [3.05, 3.63) is 35.9 Å². The smallest absolute Gasteiger partial charge is 0.304 e. The third-order valence-electron chi connectivity index (χ3n) is 2.87. The van der Waals surface area contributed by atoms with E-state index < -0.39 is 19.0 Å². The van der Waals surface area contributed by atoms with Gasteiger partial charge in [0, 0.05) is 6.16 Å². The minimum Gasteiger partial charge on any atom is -0.481 e.